The van der Waals surface area contributed by atoms with Gasteiger partial charge in [-0.05, 0) is 140 Å². The van der Waals surface area contributed by atoms with Crippen LogP contribution in [0.25, 0.3) is 6.08 Å². The molecule has 0 amide bonds. The van der Waals surface area contributed by atoms with Crippen LogP contribution >= 0.6 is 0 Å². The third-order valence-electron chi connectivity index (χ3n) is 13.8. The van der Waals surface area contributed by atoms with Crippen LogP contribution in [-0.4, -0.2) is 20.2 Å². The lowest BCUT2D eigenvalue weighted by Crippen LogP contribution is -2.55. The molecule has 4 aliphatic carbocycles. The van der Waals surface area contributed by atoms with Gasteiger partial charge in [0.1, 0.15) is 0 Å². The first-order valence-corrected chi connectivity index (χ1v) is 20.1. The molecule has 4 saturated carbocycles. The van der Waals surface area contributed by atoms with Crippen molar-refractivity contribution in [1.82, 2.24) is 0 Å². The molecule has 2 nitrogen and oxygen atoms in total. The van der Waals surface area contributed by atoms with E-state index in [9.17, 15) is 4.79 Å². The lowest BCUT2D eigenvalue weighted by Gasteiger charge is -2.61. The van der Waals surface area contributed by atoms with Crippen LogP contribution < -0.4 is 0 Å². The molecule has 41 heavy (non-hydrogen) atoms. The molecule has 0 aromatic heterocycles. The summed E-state index contributed by atoms with van der Waals surface area (Å²) >= 11 is 0. The molecule has 228 valence electrons. The van der Waals surface area contributed by atoms with Crippen LogP contribution in [0.15, 0.2) is 36.4 Å². The zero-order valence-electron chi connectivity index (χ0n) is 27.7. The van der Waals surface area contributed by atoms with Crippen LogP contribution in [0.2, 0.25) is 18.1 Å². The second-order valence-electron chi connectivity index (χ2n) is 16.9. The van der Waals surface area contributed by atoms with Gasteiger partial charge in [-0.15, -0.1) is 0 Å². The number of benzene rings is 1. The second-order valence-corrected chi connectivity index (χ2v) is 21.6. The first-order valence-electron chi connectivity index (χ1n) is 17.2. The van der Waals surface area contributed by atoms with E-state index in [1.165, 1.54) is 57.8 Å². The molecule has 0 unspecified atom stereocenters. The van der Waals surface area contributed by atoms with Crippen LogP contribution in [0, 0.1) is 46.3 Å². The average molecular weight is 577 g/mol. The van der Waals surface area contributed by atoms with E-state index in [0.717, 1.165) is 41.6 Å². The number of hydrogen-bond acceptors (Lipinski definition) is 2. The Morgan fingerprint density at radius 3 is 2.37 bits per heavy atom. The van der Waals surface area contributed by atoms with Crippen LogP contribution in [0.3, 0.4) is 0 Å². The van der Waals surface area contributed by atoms with E-state index in [4.69, 9.17) is 4.43 Å². The van der Waals surface area contributed by atoms with Gasteiger partial charge in [-0.3, -0.25) is 4.79 Å². The smallest absolute Gasteiger partial charge is 0.192 e. The summed E-state index contributed by atoms with van der Waals surface area (Å²) in [7, 11) is -1.71. The highest BCUT2D eigenvalue weighted by atomic mass is 28.4. The highest BCUT2D eigenvalue weighted by molar-refractivity contribution is 6.74. The number of carbonyl (C=O) groups excluding carboxylic acids is 1. The van der Waals surface area contributed by atoms with Gasteiger partial charge >= 0.3 is 0 Å². The molecular formula is C38H60O2Si. The van der Waals surface area contributed by atoms with Crippen LogP contribution in [0.1, 0.15) is 118 Å². The summed E-state index contributed by atoms with van der Waals surface area (Å²) in [6.07, 6.45) is 18.4. The van der Waals surface area contributed by atoms with Gasteiger partial charge in [-0.2, -0.15) is 0 Å². The molecule has 1 aromatic carbocycles. The Morgan fingerprint density at radius 1 is 0.976 bits per heavy atom. The molecule has 0 spiro atoms. The van der Waals surface area contributed by atoms with E-state index in [1.807, 2.05) is 24.3 Å². The van der Waals surface area contributed by atoms with Crippen LogP contribution in [-0.2, 0) is 9.22 Å². The zero-order chi connectivity index (χ0) is 29.6. The summed E-state index contributed by atoms with van der Waals surface area (Å²) in [5, 5.41) is 0.293. The molecule has 0 radical (unpaired) electrons. The van der Waals surface area contributed by atoms with Crippen molar-refractivity contribution in [3.63, 3.8) is 0 Å². The van der Waals surface area contributed by atoms with E-state index in [2.05, 4.69) is 66.8 Å². The Balaban J connectivity index is 1.19. The third kappa shape index (κ3) is 6.10. The predicted octanol–water partition coefficient (Wildman–Crippen LogP) is 10.7. The summed E-state index contributed by atoms with van der Waals surface area (Å²) in [6.45, 7) is 19.8. The topological polar surface area (TPSA) is 26.3 Å². The summed E-state index contributed by atoms with van der Waals surface area (Å²) in [4.78, 5) is 12.7. The average Bonchev–Trinajstić information content (AvgIpc) is 3.28. The quantitative estimate of drug-likeness (QED) is 0.227. The molecule has 1 aromatic rings. The van der Waals surface area contributed by atoms with Gasteiger partial charge in [-0.25, -0.2) is 0 Å². The molecule has 9 atom stereocenters. The molecular weight excluding hydrogens is 517 g/mol. The minimum absolute atomic E-state index is 0.281. The number of allylic oxidation sites excluding steroid dienone is 1. The third-order valence-corrected chi connectivity index (χ3v) is 18.3. The number of ketones is 1. The molecule has 4 aliphatic rings. The first-order chi connectivity index (χ1) is 19.2. The normalized spacial score (nSPS) is 38.2. The maximum Gasteiger partial charge on any atom is 0.192 e. The lowest BCUT2D eigenvalue weighted by molar-refractivity contribution is -0.128. The highest BCUT2D eigenvalue weighted by Crippen LogP contribution is 2.68. The number of hydrogen-bond donors (Lipinski definition) is 0. The number of fused-ring (bicyclic) bond motifs is 5. The SMILES string of the molecule is C[C@H](CCC(=O)/C=C/c1ccccc1)[C@H]1CC[C@H]2[C@@H]3CC[C@@H]4C[C@H](O[Si](C)(C)C(C)(C)C)CC[C@]4(C)[C@H]3CC[C@]12C. The fourth-order valence-corrected chi connectivity index (χ4v) is 11.7. The first kappa shape index (κ1) is 31.2. The van der Waals surface area contributed by atoms with Crippen LogP contribution in [0.5, 0.6) is 0 Å². The Kier molecular flexibility index (Phi) is 8.93. The van der Waals surface area contributed by atoms with Crippen molar-refractivity contribution >= 4 is 20.2 Å². The van der Waals surface area contributed by atoms with Crippen molar-refractivity contribution in [1.29, 1.82) is 0 Å². The van der Waals surface area contributed by atoms with Crippen molar-refractivity contribution in [3.8, 4) is 0 Å². The van der Waals surface area contributed by atoms with Crippen molar-refractivity contribution < 1.29 is 9.22 Å². The molecule has 5 rings (SSSR count). The summed E-state index contributed by atoms with van der Waals surface area (Å²) in [5.74, 6) is 5.25. The molecule has 0 heterocycles. The predicted molar refractivity (Wildman–Crippen MR) is 176 cm³/mol. The fourth-order valence-electron chi connectivity index (χ4n) is 10.3. The summed E-state index contributed by atoms with van der Waals surface area (Å²) < 4.78 is 6.99. The minimum Gasteiger partial charge on any atom is -0.414 e. The maximum absolute atomic E-state index is 12.7. The largest absolute Gasteiger partial charge is 0.414 e. The Bertz CT molecular complexity index is 1090. The highest BCUT2D eigenvalue weighted by Gasteiger charge is 2.60. The van der Waals surface area contributed by atoms with Crippen molar-refractivity contribution in [3.05, 3.63) is 42.0 Å². The molecule has 0 N–H and O–H groups in total. The van der Waals surface area contributed by atoms with E-state index >= 15 is 0 Å². The molecule has 0 aliphatic heterocycles. The standard InChI is InChI=1S/C38H60O2Si/c1-27(14-17-30(39)18-15-28-12-10-9-11-13-28)33-20-21-34-32-19-16-29-26-31(40-41(7,8)36(2,3)4)22-24-37(29,5)35(32)23-25-38(33,34)6/h9-13,15,18,27,29,31-35H,14,16-17,19-26H2,1-8H3/b18-15+/t27-,29-,31-,32+,33-,34+,35+,37+,38-/m1/s1. The lowest BCUT2D eigenvalue weighted by atomic mass is 9.44. The fraction of sp³-hybridized carbons (Fsp3) is 0.763. The van der Waals surface area contributed by atoms with Gasteiger partial charge in [0.05, 0.1) is 0 Å². The van der Waals surface area contributed by atoms with E-state index < -0.39 is 8.32 Å². The van der Waals surface area contributed by atoms with Crippen molar-refractivity contribution in [2.75, 3.05) is 0 Å². The van der Waals surface area contributed by atoms with Gasteiger partial charge < -0.3 is 4.43 Å². The Labute approximate surface area is 253 Å². The van der Waals surface area contributed by atoms with E-state index in [0.29, 0.717) is 34.3 Å². The zero-order valence-corrected chi connectivity index (χ0v) is 28.7. The summed E-state index contributed by atoms with van der Waals surface area (Å²) in [5.41, 5.74) is 2.09. The van der Waals surface area contributed by atoms with Gasteiger partial charge in [0, 0.05) is 12.5 Å². The van der Waals surface area contributed by atoms with Crippen LogP contribution in [0.4, 0.5) is 0 Å². The van der Waals surface area contributed by atoms with Gasteiger partial charge in [0.2, 0.25) is 0 Å². The molecule has 0 saturated heterocycles. The van der Waals surface area contributed by atoms with Crippen molar-refractivity contribution in [2.45, 2.75) is 136 Å². The van der Waals surface area contributed by atoms with Crippen molar-refractivity contribution in [2.24, 2.45) is 46.3 Å². The minimum atomic E-state index is -1.71. The van der Waals surface area contributed by atoms with Gasteiger partial charge in [0.15, 0.2) is 14.1 Å². The monoisotopic (exact) mass is 576 g/mol. The van der Waals surface area contributed by atoms with Gasteiger partial charge in [0.25, 0.3) is 0 Å². The Hall–Kier alpha value is -1.19. The summed E-state index contributed by atoms with van der Waals surface area (Å²) in [6, 6.07) is 10.2. The number of rotatable bonds is 8. The maximum atomic E-state index is 12.7. The molecule has 4 fully saturated rings. The second kappa shape index (κ2) is 11.7. The Morgan fingerprint density at radius 2 is 1.66 bits per heavy atom. The van der Waals surface area contributed by atoms with Gasteiger partial charge in [-0.1, -0.05) is 78.0 Å². The van der Waals surface area contributed by atoms with E-state index in [1.54, 1.807) is 6.08 Å². The molecule has 0 bridgehead atoms. The van der Waals surface area contributed by atoms with E-state index in [-0.39, 0.29) is 5.78 Å². The number of carbonyl (C=O) groups is 1. The molecule has 3 heteroatoms.